The number of aromatic nitrogens is 2. The lowest BCUT2D eigenvalue weighted by atomic mass is 9.89. The molecular formula is C19H35N7OS. The van der Waals surface area contributed by atoms with Crippen molar-refractivity contribution in [2.24, 2.45) is 4.99 Å². The van der Waals surface area contributed by atoms with Crippen LogP contribution in [0, 0.1) is 0 Å². The van der Waals surface area contributed by atoms with Crippen molar-refractivity contribution in [3.05, 3.63) is 5.82 Å². The molecule has 0 unspecified atom stereocenters. The van der Waals surface area contributed by atoms with Gasteiger partial charge in [-0.25, -0.2) is 4.98 Å². The van der Waals surface area contributed by atoms with Crippen LogP contribution in [0.5, 0.6) is 0 Å². The fourth-order valence-corrected chi connectivity index (χ4v) is 4.57. The molecule has 0 radical (unpaired) electrons. The van der Waals surface area contributed by atoms with E-state index < -0.39 is 0 Å². The quantitative estimate of drug-likeness (QED) is 0.561. The molecule has 0 saturated carbocycles. The summed E-state index contributed by atoms with van der Waals surface area (Å²) in [6, 6.07) is 0. The van der Waals surface area contributed by atoms with E-state index in [-0.39, 0.29) is 5.54 Å². The average Bonchev–Trinajstić information content (AvgIpc) is 3.21. The number of anilines is 1. The number of nitrogens with zero attached hydrogens (tertiary/aromatic N) is 6. The molecule has 158 valence electrons. The highest BCUT2D eigenvalue weighted by molar-refractivity contribution is 7.09. The van der Waals surface area contributed by atoms with Crippen LogP contribution in [0.3, 0.4) is 0 Å². The molecule has 3 heterocycles. The van der Waals surface area contributed by atoms with Gasteiger partial charge in [0.05, 0.1) is 6.54 Å². The third-order valence-electron chi connectivity index (χ3n) is 5.85. The largest absolute Gasteiger partial charge is 0.381 e. The fraction of sp³-hybridized carbons (Fsp3) is 0.842. The number of rotatable bonds is 6. The normalized spacial score (nSPS) is 20.7. The minimum Gasteiger partial charge on any atom is -0.381 e. The molecule has 0 amide bonds. The first-order valence-electron chi connectivity index (χ1n) is 10.4. The Labute approximate surface area is 173 Å². The van der Waals surface area contributed by atoms with Gasteiger partial charge >= 0.3 is 0 Å². The van der Waals surface area contributed by atoms with Crippen LogP contribution in [-0.4, -0.2) is 97.2 Å². The third-order valence-corrected chi connectivity index (χ3v) is 6.67. The molecule has 2 fully saturated rings. The Morgan fingerprint density at radius 3 is 2.50 bits per heavy atom. The number of ether oxygens (including phenoxy) is 1. The number of nitrogens with one attached hydrogen (secondary N) is 1. The molecule has 1 aromatic rings. The van der Waals surface area contributed by atoms with Gasteiger partial charge in [-0.2, -0.15) is 4.37 Å². The van der Waals surface area contributed by atoms with Crippen molar-refractivity contribution in [1.82, 2.24) is 24.5 Å². The highest BCUT2D eigenvalue weighted by atomic mass is 32.1. The smallest absolute Gasteiger partial charge is 0.205 e. The van der Waals surface area contributed by atoms with Gasteiger partial charge in [-0.3, -0.25) is 4.99 Å². The van der Waals surface area contributed by atoms with Gasteiger partial charge in [-0.05, 0) is 33.9 Å². The molecule has 0 aliphatic carbocycles. The molecule has 0 bridgehead atoms. The van der Waals surface area contributed by atoms with Crippen molar-refractivity contribution >= 4 is 22.6 Å². The Bertz CT molecular complexity index is 634. The average molecular weight is 410 g/mol. The Morgan fingerprint density at radius 2 is 1.93 bits per heavy atom. The first kappa shape index (κ1) is 21.3. The van der Waals surface area contributed by atoms with Crippen LogP contribution >= 0.6 is 11.5 Å². The summed E-state index contributed by atoms with van der Waals surface area (Å²) in [6.07, 6.45) is 2.97. The van der Waals surface area contributed by atoms with Crippen LogP contribution in [0.1, 0.15) is 32.5 Å². The minimum atomic E-state index is 0.101. The van der Waals surface area contributed by atoms with Gasteiger partial charge in [0.1, 0.15) is 5.82 Å². The first-order chi connectivity index (χ1) is 13.6. The van der Waals surface area contributed by atoms with E-state index in [1.807, 2.05) is 0 Å². The van der Waals surface area contributed by atoms with Crippen molar-refractivity contribution in [1.29, 1.82) is 0 Å². The van der Waals surface area contributed by atoms with E-state index in [0.29, 0.717) is 0 Å². The molecule has 28 heavy (non-hydrogen) atoms. The van der Waals surface area contributed by atoms with E-state index in [4.69, 9.17) is 9.73 Å². The molecule has 3 rings (SSSR count). The highest BCUT2D eigenvalue weighted by Crippen LogP contribution is 2.26. The molecule has 0 atom stereocenters. The SMILES string of the molecule is CCNC(=NCC1(N(C)C)CCOCC1)N1CCN(c2nc(CC)ns2)CC1. The zero-order valence-corrected chi connectivity index (χ0v) is 18.6. The molecule has 0 aromatic carbocycles. The Hall–Kier alpha value is -1.45. The Balaban J connectivity index is 1.63. The lowest BCUT2D eigenvalue weighted by Crippen LogP contribution is -2.54. The van der Waals surface area contributed by atoms with Crippen molar-refractivity contribution in [2.45, 2.75) is 38.6 Å². The van der Waals surface area contributed by atoms with Crippen molar-refractivity contribution in [3.8, 4) is 0 Å². The van der Waals surface area contributed by atoms with Crippen LogP contribution in [0.4, 0.5) is 5.13 Å². The second-order valence-corrected chi connectivity index (χ2v) is 8.45. The monoisotopic (exact) mass is 409 g/mol. The van der Waals surface area contributed by atoms with Crippen molar-refractivity contribution < 1.29 is 4.74 Å². The lowest BCUT2D eigenvalue weighted by Gasteiger charge is -2.42. The molecular weight excluding hydrogens is 374 g/mol. The van der Waals surface area contributed by atoms with Gasteiger partial charge in [-0.1, -0.05) is 6.92 Å². The van der Waals surface area contributed by atoms with Crippen LogP contribution in [0.15, 0.2) is 4.99 Å². The maximum atomic E-state index is 5.59. The molecule has 9 heteroatoms. The summed E-state index contributed by atoms with van der Waals surface area (Å²) >= 11 is 1.52. The maximum Gasteiger partial charge on any atom is 0.205 e. The zero-order valence-electron chi connectivity index (χ0n) is 17.8. The predicted octanol–water partition coefficient (Wildman–Crippen LogP) is 1.30. The second kappa shape index (κ2) is 9.84. The van der Waals surface area contributed by atoms with Crippen LogP contribution in [-0.2, 0) is 11.2 Å². The van der Waals surface area contributed by atoms with E-state index in [9.17, 15) is 0 Å². The summed E-state index contributed by atoms with van der Waals surface area (Å²) in [5.41, 5.74) is 0.101. The first-order valence-corrected chi connectivity index (χ1v) is 11.2. The van der Waals surface area contributed by atoms with E-state index >= 15 is 0 Å². The number of aliphatic imine (C=N–C) groups is 1. The topological polar surface area (TPSA) is 69.1 Å². The number of likely N-dealkylation sites (N-methyl/N-ethyl adjacent to an activating group) is 1. The summed E-state index contributed by atoms with van der Waals surface area (Å²) in [5.74, 6) is 1.98. The van der Waals surface area contributed by atoms with Gasteiger partial charge in [0, 0.05) is 69.4 Å². The Kier molecular flexibility index (Phi) is 7.48. The van der Waals surface area contributed by atoms with Gasteiger partial charge < -0.3 is 24.8 Å². The molecule has 1 aromatic heterocycles. The third kappa shape index (κ3) is 4.93. The summed E-state index contributed by atoms with van der Waals surface area (Å²) in [4.78, 5) is 16.8. The molecule has 2 saturated heterocycles. The number of hydrogen-bond donors (Lipinski definition) is 1. The maximum absolute atomic E-state index is 5.59. The predicted molar refractivity (Wildman–Crippen MR) is 116 cm³/mol. The van der Waals surface area contributed by atoms with E-state index in [2.05, 4.69) is 57.3 Å². The second-order valence-electron chi connectivity index (χ2n) is 7.72. The van der Waals surface area contributed by atoms with Crippen molar-refractivity contribution in [3.63, 3.8) is 0 Å². The van der Waals surface area contributed by atoms with Gasteiger partial charge in [0.25, 0.3) is 0 Å². The molecule has 1 N–H and O–H groups in total. The zero-order chi connectivity index (χ0) is 20.0. The minimum absolute atomic E-state index is 0.101. The number of piperazine rings is 1. The van der Waals surface area contributed by atoms with Crippen LogP contribution in [0.25, 0.3) is 0 Å². The lowest BCUT2D eigenvalue weighted by molar-refractivity contribution is -0.00264. The van der Waals surface area contributed by atoms with Gasteiger partial charge in [0.15, 0.2) is 5.96 Å². The number of guanidine groups is 1. The summed E-state index contributed by atoms with van der Waals surface area (Å²) < 4.78 is 10.0. The van der Waals surface area contributed by atoms with E-state index in [0.717, 1.165) is 88.7 Å². The summed E-state index contributed by atoms with van der Waals surface area (Å²) in [6.45, 7) is 11.4. The summed E-state index contributed by atoms with van der Waals surface area (Å²) in [5, 5.41) is 4.55. The molecule has 8 nitrogen and oxygen atoms in total. The number of hydrogen-bond acceptors (Lipinski definition) is 7. The highest BCUT2D eigenvalue weighted by Gasteiger charge is 2.35. The van der Waals surface area contributed by atoms with Crippen LogP contribution < -0.4 is 10.2 Å². The summed E-state index contributed by atoms with van der Waals surface area (Å²) in [7, 11) is 4.33. The Morgan fingerprint density at radius 1 is 1.21 bits per heavy atom. The molecule has 2 aliphatic heterocycles. The molecule has 0 spiro atoms. The van der Waals surface area contributed by atoms with E-state index in [1.165, 1.54) is 11.5 Å². The van der Waals surface area contributed by atoms with Gasteiger partial charge in [-0.15, -0.1) is 0 Å². The van der Waals surface area contributed by atoms with Crippen molar-refractivity contribution in [2.75, 3.05) is 71.5 Å². The standard InChI is InChI=1S/C19H35N7OS/c1-5-16-22-18(28-23-16)26-11-9-25(10-12-26)17(20-6-2)21-15-19(24(3)4)7-13-27-14-8-19/h5-15H2,1-4H3,(H,20,21). The van der Waals surface area contributed by atoms with Crippen LogP contribution in [0.2, 0.25) is 0 Å². The van der Waals surface area contributed by atoms with Gasteiger partial charge in [0.2, 0.25) is 5.13 Å². The number of aryl methyl sites for hydroxylation is 1. The fourth-order valence-electron chi connectivity index (χ4n) is 3.77. The molecule has 2 aliphatic rings. The van der Waals surface area contributed by atoms with E-state index in [1.54, 1.807) is 0 Å².